The van der Waals surface area contributed by atoms with E-state index in [1.54, 1.807) is 0 Å². The summed E-state index contributed by atoms with van der Waals surface area (Å²) >= 11 is 0. The Morgan fingerprint density at radius 2 is 1.31 bits per heavy atom. The van der Waals surface area contributed by atoms with E-state index in [1.807, 2.05) is 0 Å². The highest BCUT2D eigenvalue weighted by molar-refractivity contribution is 5.73. The summed E-state index contributed by atoms with van der Waals surface area (Å²) in [5, 5.41) is 0. The molecule has 2 heteroatoms. The van der Waals surface area contributed by atoms with E-state index in [-0.39, 0.29) is 5.91 Å². The molecule has 0 heterocycles. The molecule has 0 atom stereocenters. The van der Waals surface area contributed by atoms with Gasteiger partial charge in [-0.05, 0) is 18.3 Å². The van der Waals surface area contributed by atoms with Crippen LogP contribution in [-0.4, -0.2) is 5.91 Å². The molecule has 0 aliphatic rings. The Balaban J connectivity index is 3.07. The highest BCUT2D eigenvalue weighted by Gasteiger charge is 2.08. The molecular weight excluding hydrogens is 198 g/mol. The molecule has 0 unspecified atom stereocenters. The summed E-state index contributed by atoms with van der Waals surface area (Å²) in [5.41, 5.74) is 5.56. The highest BCUT2D eigenvalue weighted by Crippen LogP contribution is 2.22. The van der Waals surface area contributed by atoms with E-state index < -0.39 is 0 Å². The lowest BCUT2D eigenvalue weighted by Gasteiger charge is -2.17. The van der Waals surface area contributed by atoms with Gasteiger partial charge < -0.3 is 5.73 Å². The molecule has 0 spiro atoms. The monoisotopic (exact) mass is 227 g/mol. The summed E-state index contributed by atoms with van der Waals surface area (Å²) in [6.45, 7) is 6.91. The van der Waals surface area contributed by atoms with Crippen LogP contribution >= 0.6 is 0 Å². The smallest absolute Gasteiger partial charge is 0.217 e. The van der Waals surface area contributed by atoms with Gasteiger partial charge in [-0.3, -0.25) is 4.79 Å². The third-order valence-corrected chi connectivity index (χ3v) is 2.85. The third-order valence-electron chi connectivity index (χ3n) is 2.85. The van der Waals surface area contributed by atoms with Gasteiger partial charge in [0.05, 0.1) is 0 Å². The summed E-state index contributed by atoms with van der Waals surface area (Å²) in [6, 6.07) is 0. The minimum atomic E-state index is -0.162. The zero-order valence-corrected chi connectivity index (χ0v) is 11.3. The Bertz CT molecular complexity index is 182. The number of nitrogens with two attached hydrogens (primary N) is 1. The Hall–Kier alpha value is -0.530. The van der Waals surface area contributed by atoms with Crippen molar-refractivity contribution < 1.29 is 4.79 Å². The quantitative estimate of drug-likeness (QED) is 0.594. The summed E-state index contributed by atoms with van der Waals surface area (Å²) < 4.78 is 0. The molecule has 0 aliphatic heterocycles. The molecule has 0 aromatic heterocycles. The second-order valence-corrected chi connectivity index (χ2v) is 6.00. The van der Waals surface area contributed by atoms with Gasteiger partial charge >= 0.3 is 0 Å². The maximum Gasteiger partial charge on any atom is 0.217 e. The lowest BCUT2D eigenvalue weighted by atomic mass is 9.89. The Morgan fingerprint density at radius 1 is 0.875 bits per heavy atom. The molecule has 0 saturated heterocycles. The Kier molecular flexibility index (Phi) is 8.32. The first kappa shape index (κ1) is 15.5. The number of primary amides is 1. The fraction of sp³-hybridized carbons (Fsp3) is 0.929. The molecule has 16 heavy (non-hydrogen) atoms. The van der Waals surface area contributed by atoms with Crippen LogP contribution in [0.2, 0.25) is 0 Å². The molecule has 0 bridgehead atoms. The van der Waals surface area contributed by atoms with E-state index in [1.165, 1.54) is 38.5 Å². The first-order valence-corrected chi connectivity index (χ1v) is 6.70. The molecule has 0 radical (unpaired) electrons. The average molecular weight is 227 g/mol. The van der Waals surface area contributed by atoms with Crippen molar-refractivity contribution in [2.45, 2.75) is 78.6 Å². The minimum absolute atomic E-state index is 0.162. The first-order valence-electron chi connectivity index (χ1n) is 6.70. The van der Waals surface area contributed by atoms with E-state index in [2.05, 4.69) is 20.8 Å². The van der Waals surface area contributed by atoms with Gasteiger partial charge in [0.25, 0.3) is 0 Å². The minimum Gasteiger partial charge on any atom is -0.370 e. The summed E-state index contributed by atoms with van der Waals surface area (Å²) in [6.07, 6.45) is 10.6. The molecular formula is C14H29NO. The van der Waals surface area contributed by atoms with Crippen LogP contribution in [0, 0.1) is 5.41 Å². The maximum absolute atomic E-state index is 10.5. The fourth-order valence-corrected chi connectivity index (χ4v) is 1.84. The number of rotatable bonds is 9. The van der Waals surface area contributed by atoms with Crippen LogP contribution in [0.1, 0.15) is 78.6 Å². The van der Waals surface area contributed by atoms with Crippen molar-refractivity contribution in [3.8, 4) is 0 Å². The lowest BCUT2D eigenvalue weighted by molar-refractivity contribution is -0.118. The normalized spacial score (nSPS) is 11.7. The predicted octanol–water partition coefficient (Wildman–Crippen LogP) is 4.03. The maximum atomic E-state index is 10.5. The van der Waals surface area contributed by atoms with E-state index in [4.69, 9.17) is 5.73 Å². The van der Waals surface area contributed by atoms with Gasteiger partial charge in [0.2, 0.25) is 5.91 Å². The molecule has 2 nitrogen and oxygen atoms in total. The highest BCUT2D eigenvalue weighted by atomic mass is 16.1. The van der Waals surface area contributed by atoms with Crippen molar-refractivity contribution in [2.24, 2.45) is 11.1 Å². The zero-order valence-electron chi connectivity index (χ0n) is 11.3. The summed E-state index contributed by atoms with van der Waals surface area (Å²) in [5.74, 6) is -0.162. The Morgan fingerprint density at radius 3 is 1.75 bits per heavy atom. The van der Waals surface area contributed by atoms with Crippen molar-refractivity contribution in [2.75, 3.05) is 0 Å². The predicted molar refractivity (Wildman–Crippen MR) is 70.2 cm³/mol. The topological polar surface area (TPSA) is 43.1 Å². The number of amides is 1. The second-order valence-electron chi connectivity index (χ2n) is 6.00. The molecule has 1 amide bonds. The van der Waals surface area contributed by atoms with Gasteiger partial charge in [0, 0.05) is 6.42 Å². The number of hydrogen-bond acceptors (Lipinski definition) is 1. The van der Waals surface area contributed by atoms with Crippen LogP contribution in [0.25, 0.3) is 0 Å². The van der Waals surface area contributed by atoms with Crippen LogP contribution in [0.15, 0.2) is 0 Å². The second kappa shape index (κ2) is 8.60. The van der Waals surface area contributed by atoms with E-state index in [9.17, 15) is 4.79 Å². The molecule has 0 aromatic carbocycles. The number of hydrogen-bond donors (Lipinski definition) is 1. The van der Waals surface area contributed by atoms with Crippen molar-refractivity contribution in [3.05, 3.63) is 0 Å². The molecule has 0 saturated carbocycles. The van der Waals surface area contributed by atoms with Crippen molar-refractivity contribution in [1.82, 2.24) is 0 Å². The molecule has 0 rings (SSSR count). The number of carbonyl (C=O) groups is 1. The molecule has 0 aromatic rings. The summed E-state index contributed by atoms with van der Waals surface area (Å²) in [7, 11) is 0. The Labute approximate surface area is 101 Å². The van der Waals surface area contributed by atoms with Crippen LogP contribution in [0.3, 0.4) is 0 Å². The van der Waals surface area contributed by atoms with Crippen molar-refractivity contribution >= 4 is 5.91 Å². The average Bonchev–Trinajstić information content (AvgIpc) is 2.13. The van der Waals surface area contributed by atoms with Crippen LogP contribution in [0.5, 0.6) is 0 Å². The van der Waals surface area contributed by atoms with Crippen molar-refractivity contribution in [3.63, 3.8) is 0 Å². The zero-order chi connectivity index (χ0) is 12.4. The first-order chi connectivity index (χ1) is 7.42. The summed E-state index contributed by atoms with van der Waals surface area (Å²) in [4.78, 5) is 10.5. The molecule has 96 valence electrons. The lowest BCUT2D eigenvalue weighted by Crippen LogP contribution is -2.09. The molecule has 0 aliphatic carbocycles. The van der Waals surface area contributed by atoms with Gasteiger partial charge in [-0.2, -0.15) is 0 Å². The molecule has 0 fully saturated rings. The van der Waals surface area contributed by atoms with Crippen LogP contribution in [0.4, 0.5) is 0 Å². The van der Waals surface area contributed by atoms with Crippen molar-refractivity contribution in [1.29, 1.82) is 0 Å². The van der Waals surface area contributed by atoms with Gasteiger partial charge in [-0.25, -0.2) is 0 Å². The third kappa shape index (κ3) is 13.5. The van der Waals surface area contributed by atoms with E-state index in [0.29, 0.717) is 11.8 Å². The van der Waals surface area contributed by atoms with E-state index in [0.717, 1.165) is 12.8 Å². The number of unbranched alkanes of at least 4 members (excludes halogenated alkanes) is 6. The van der Waals surface area contributed by atoms with Gasteiger partial charge in [-0.1, -0.05) is 59.3 Å². The van der Waals surface area contributed by atoms with Crippen LogP contribution < -0.4 is 5.73 Å². The standard InChI is InChI=1S/C14H29NO/c1-14(2,3)12-10-8-6-4-5-7-9-11-13(15)16/h4-12H2,1-3H3,(H2,15,16). The van der Waals surface area contributed by atoms with E-state index >= 15 is 0 Å². The number of carbonyl (C=O) groups excluding carboxylic acids is 1. The SMILES string of the molecule is CC(C)(C)CCCCCCCCCC(N)=O. The van der Waals surface area contributed by atoms with Gasteiger partial charge in [0.15, 0.2) is 0 Å². The van der Waals surface area contributed by atoms with Gasteiger partial charge in [0.1, 0.15) is 0 Å². The molecule has 2 N–H and O–H groups in total. The van der Waals surface area contributed by atoms with Gasteiger partial charge in [-0.15, -0.1) is 0 Å². The largest absolute Gasteiger partial charge is 0.370 e. The van der Waals surface area contributed by atoms with Crippen LogP contribution in [-0.2, 0) is 4.79 Å². The fourth-order valence-electron chi connectivity index (χ4n) is 1.84.